The molecule has 1 atom stereocenters. The summed E-state index contributed by atoms with van der Waals surface area (Å²) >= 11 is 0. The van der Waals surface area contributed by atoms with Gasteiger partial charge in [0, 0.05) is 17.3 Å². The number of aromatic nitrogens is 2. The molecule has 4 N–H and O–H groups in total. The van der Waals surface area contributed by atoms with Crippen LogP contribution in [0.3, 0.4) is 0 Å². The first-order chi connectivity index (χ1) is 15.5. The minimum atomic E-state index is -1.04. The fraction of sp³-hybridized carbons (Fsp3) is 0.360. The van der Waals surface area contributed by atoms with E-state index < -0.39 is 5.60 Å². The number of anilines is 2. The lowest BCUT2D eigenvalue weighted by Crippen LogP contribution is -2.29. The number of benzene rings is 2. The zero-order valence-corrected chi connectivity index (χ0v) is 21.2. The number of hydrogen-bond donors (Lipinski definition) is 2. The van der Waals surface area contributed by atoms with E-state index in [-0.39, 0.29) is 17.2 Å². The molecule has 33 heavy (non-hydrogen) atoms. The Hall–Kier alpha value is -3.10. The minimum Gasteiger partial charge on any atom is -0.493 e. The summed E-state index contributed by atoms with van der Waals surface area (Å²) in [6.45, 7) is 10.6. The Bertz CT molecular complexity index is 1180. The van der Waals surface area contributed by atoms with E-state index in [2.05, 4.69) is 66.3 Å². The highest BCUT2D eigenvalue weighted by atomic mass is 28.2. The van der Waals surface area contributed by atoms with Gasteiger partial charge in [-0.1, -0.05) is 39.0 Å². The van der Waals surface area contributed by atoms with Gasteiger partial charge >= 0.3 is 0 Å². The van der Waals surface area contributed by atoms with Crippen LogP contribution in [0.15, 0.2) is 36.5 Å². The molecule has 0 spiro atoms. The van der Waals surface area contributed by atoms with E-state index in [0.29, 0.717) is 17.1 Å². The van der Waals surface area contributed by atoms with Gasteiger partial charge in [-0.15, -0.1) is 0 Å². The molecule has 0 aliphatic carbocycles. The number of rotatable bonds is 6. The van der Waals surface area contributed by atoms with Gasteiger partial charge in [0.2, 0.25) is 16.4 Å². The van der Waals surface area contributed by atoms with Crippen LogP contribution in [0, 0.1) is 6.92 Å². The first-order valence-electron chi connectivity index (χ1n) is 10.6. The highest BCUT2D eigenvalue weighted by molar-refractivity contribution is 5.98. The van der Waals surface area contributed by atoms with Gasteiger partial charge in [-0.25, -0.2) is 4.98 Å². The van der Waals surface area contributed by atoms with E-state index in [1.54, 1.807) is 20.4 Å². The first kappa shape index (κ1) is 24.5. The average molecular weight is 464 g/mol. The number of hydrogen-bond acceptors (Lipinski definition) is 7. The summed E-state index contributed by atoms with van der Waals surface area (Å²) in [5.74, 6) is 1.52. The van der Waals surface area contributed by atoms with Crippen LogP contribution in [-0.4, -0.2) is 34.7 Å². The molecule has 7 nitrogen and oxygen atoms in total. The van der Waals surface area contributed by atoms with Gasteiger partial charge in [-0.2, -0.15) is 4.98 Å². The van der Waals surface area contributed by atoms with Gasteiger partial charge in [-0.05, 0) is 53.6 Å². The van der Waals surface area contributed by atoms with Crippen molar-refractivity contribution in [1.82, 2.24) is 9.97 Å². The summed E-state index contributed by atoms with van der Waals surface area (Å²) in [6, 6.07) is 10.2. The molecule has 0 aliphatic rings. The number of nitrogens with two attached hydrogens (primary N) is 2. The zero-order valence-electron chi connectivity index (χ0n) is 20.2. The Labute approximate surface area is 199 Å². The van der Waals surface area contributed by atoms with Crippen molar-refractivity contribution in [2.45, 2.75) is 45.6 Å². The summed E-state index contributed by atoms with van der Waals surface area (Å²) in [7, 11) is 6.50. The smallest absolute Gasteiger partial charge is 0.248 e. The van der Waals surface area contributed by atoms with Crippen LogP contribution in [0.4, 0.5) is 11.8 Å². The fourth-order valence-corrected chi connectivity index (χ4v) is 4.45. The molecule has 0 fully saturated rings. The Morgan fingerprint density at radius 2 is 1.64 bits per heavy atom. The van der Waals surface area contributed by atoms with Crippen LogP contribution in [0.5, 0.6) is 11.5 Å². The highest BCUT2D eigenvalue weighted by Gasteiger charge is 2.34. The number of nitrogen functional groups attached to an aromatic ring is 2. The Kier molecular flexibility index (Phi) is 6.72. The predicted molar refractivity (Wildman–Crippen MR) is 133 cm³/mol. The van der Waals surface area contributed by atoms with Gasteiger partial charge < -0.3 is 25.4 Å². The molecule has 1 unspecified atom stereocenters. The maximum atomic E-state index is 6.20. The first-order valence-corrected chi connectivity index (χ1v) is 11.0. The average Bonchev–Trinajstić information content (AvgIpc) is 2.77. The maximum absolute atomic E-state index is 6.20. The van der Waals surface area contributed by atoms with Crippen molar-refractivity contribution in [3.05, 3.63) is 58.8 Å². The SMILES string of the molecule is COc1cc(C(C)(O[Si])c2cnc(N)nc2N)cc(-c2cccc(C(C)(C)C)c2C)c1OC. The normalized spacial score (nSPS) is 13.5. The molecule has 0 saturated heterocycles. The summed E-state index contributed by atoms with van der Waals surface area (Å²) in [5.41, 5.74) is 16.5. The molecule has 8 heteroatoms. The van der Waals surface area contributed by atoms with Crippen molar-refractivity contribution in [3.8, 4) is 22.6 Å². The molecule has 3 radical (unpaired) electrons. The predicted octanol–water partition coefficient (Wildman–Crippen LogP) is 4.29. The molecule has 3 rings (SSSR count). The molecule has 173 valence electrons. The molecule has 1 heterocycles. The lowest BCUT2D eigenvalue weighted by Gasteiger charge is -2.31. The zero-order chi connectivity index (χ0) is 24.6. The van der Waals surface area contributed by atoms with Crippen LogP contribution in [0.25, 0.3) is 11.1 Å². The van der Waals surface area contributed by atoms with Gasteiger partial charge in [0.1, 0.15) is 11.4 Å². The van der Waals surface area contributed by atoms with Crippen LogP contribution < -0.4 is 20.9 Å². The molecule has 0 amide bonds. The second kappa shape index (κ2) is 9.03. The fourth-order valence-electron chi connectivity index (χ4n) is 4.23. The van der Waals surface area contributed by atoms with Crippen LogP contribution in [-0.2, 0) is 15.4 Å². The maximum Gasteiger partial charge on any atom is 0.248 e. The number of nitrogens with zero attached hydrogens (tertiary/aromatic N) is 2. The van der Waals surface area contributed by atoms with Gasteiger partial charge in [-0.3, -0.25) is 0 Å². The van der Waals surface area contributed by atoms with Gasteiger partial charge in [0.15, 0.2) is 11.5 Å². The molecule has 0 aliphatic heterocycles. The summed E-state index contributed by atoms with van der Waals surface area (Å²) in [4.78, 5) is 8.23. The van der Waals surface area contributed by atoms with Crippen molar-refractivity contribution in [1.29, 1.82) is 0 Å². The molecule has 0 saturated carbocycles. The van der Waals surface area contributed by atoms with Crippen molar-refractivity contribution >= 4 is 22.3 Å². The second-order valence-electron chi connectivity index (χ2n) is 9.15. The van der Waals surface area contributed by atoms with E-state index in [1.165, 1.54) is 11.1 Å². The van der Waals surface area contributed by atoms with E-state index in [0.717, 1.165) is 16.7 Å². The molecule has 1 aromatic heterocycles. The molecule has 0 bridgehead atoms. The van der Waals surface area contributed by atoms with Gasteiger partial charge in [0.25, 0.3) is 0 Å². The van der Waals surface area contributed by atoms with Crippen LogP contribution >= 0.6 is 0 Å². The topological polar surface area (TPSA) is 106 Å². The van der Waals surface area contributed by atoms with Crippen molar-refractivity contribution in [3.63, 3.8) is 0 Å². The Morgan fingerprint density at radius 1 is 0.939 bits per heavy atom. The Balaban J connectivity index is 2.35. The molecule has 2 aromatic carbocycles. The van der Waals surface area contributed by atoms with E-state index in [1.807, 2.05) is 19.1 Å². The minimum absolute atomic E-state index is 0.0159. The molecular weight excluding hydrogens is 432 g/mol. The third-order valence-electron chi connectivity index (χ3n) is 6.02. The van der Waals surface area contributed by atoms with Crippen LogP contribution in [0.2, 0.25) is 0 Å². The van der Waals surface area contributed by atoms with E-state index in [4.69, 9.17) is 25.4 Å². The number of methoxy groups -OCH3 is 2. The van der Waals surface area contributed by atoms with E-state index in [9.17, 15) is 0 Å². The standard InChI is InChI=1S/C25H31N4O3Si/c1-14-16(9-8-10-18(14)24(2,3)4)17-11-15(12-20(30-6)21(17)31-7)25(5,32-33)19-13-28-23(27)29-22(19)26/h8-13H,1-7H3,(H4,26,27,28,29). The summed E-state index contributed by atoms with van der Waals surface area (Å²) in [5, 5.41) is 0. The third kappa shape index (κ3) is 4.40. The second-order valence-corrected chi connectivity index (χ2v) is 9.35. The van der Waals surface area contributed by atoms with Gasteiger partial charge in [0.05, 0.1) is 14.2 Å². The van der Waals surface area contributed by atoms with E-state index >= 15 is 0 Å². The molecule has 3 aromatic rings. The largest absolute Gasteiger partial charge is 0.493 e. The third-order valence-corrected chi connectivity index (χ3v) is 6.42. The van der Waals surface area contributed by atoms with Crippen LogP contribution in [0.1, 0.15) is 49.9 Å². The van der Waals surface area contributed by atoms with Crippen molar-refractivity contribution in [2.24, 2.45) is 0 Å². The summed E-state index contributed by atoms with van der Waals surface area (Å²) in [6.07, 6.45) is 1.57. The Morgan fingerprint density at radius 3 is 2.18 bits per heavy atom. The molecular formula is C25H31N4O3Si. The van der Waals surface area contributed by atoms with Crippen molar-refractivity contribution in [2.75, 3.05) is 25.7 Å². The monoisotopic (exact) mass is 463 g/mol. The number of ether oxygens (including phenoxy) is 2. The lowest BCUT2D eigenvalue weighted by atomic mass is 9.80. The van der Waals surface area contributed by atoms with Crippen molar-refractivity contribution < 1.29 is 13.9 Å². The lowest BCUT2D eigenvalue weighted by molar-refractivity contribution is 0.148. The summed E-state index contributed by atoms with van der Waals surface area (Å²) < 4.78 is 17.3. The highest BCUT2D eigenvalue weighted by Crippen LogP contribution is 2.46. The quantitative estimate of drug-likeness (QED) is 0.525.